The van der Waals surface area contributed by atoms with E-state index in [0.717, 1.165) is 25.7 Å². The Morgan fingerprint density at radius 2 is 1.70 bits per heavy atom. The van der Waals surface area contributed by atoms with Gasteiger partial charge in [0.25, 0.3) is 0 Å². The summed E-state index contributed by atoms with van der Waals surface area (Å²) in [6, 6.07) is 8.21. The SMILES string of the molecule is CC(C)(CC[C@@H](COC(=O)NS(=O)(=O)NCc1ccccc1)NC(=O)CCCNC(=O)OC[C@@H]1[C@@H]2CCC#CCC[C@@H]21)[Si](C)(C)O. The fraction of sp³-hybridized carbons (Fsp3) is 0.656. The van der Waals surface area contributed by atoms with Gasteiger partial charge in [0.1, 0.15) is 6.61 Å². The van der Waals surface area contributed by atoms with Crippen LogP contribution in [0.15, 0.2) is 30.3 Å². The zero-order chi connectivity index (χ0) is 33.8. The average Bonchev–Trinajstić information content (AvgIpc) is 3.62. The molecular weight excluding hydrogens is 629 g/mol. The molecule has 1 fully saturated rings. The van der Waals surface area contributed by atoms with Crippen LogP contribution in [0, 0.1) is 29.6 Å². The molecular formula is C32H50N4O8SSi. The number of alkyl carbamates (subject to hydrolysis) is 1. The number of carbonyl (C=O) groups is 3. The Hall–Kier alpha value is -3.12. The van der Waals surface area contributed by atoms with Gasteiger partial charge in [-0.15, -0.1) is 11.8 Å². The molecule has 4 atom stereocenters. The second-order valence-corrected chi connectivity index (χ2v) is 19.3. The van der Waals surface area contributed by atoms with Crippen molar-refractivity contribution in [1.29, 1.82) is 0 Å². The molecule has 1 aromatic carbocycles. The molecule has 1 saturated carbocycles. The van der Waals surface area contributed by atoms with E-state index in [1.54, 1.807) is 30.3 Å². The number of amides is 3. The van der Waals surface area contributed by atoms with Crippen molar-refractivity contribution in [2.24, 2.45) is 17.8 Å². The highest BCUT2D eigenvalue weighted by Gasteiger charge is 2.49. The summed E-state index contributed by atoms with van der Waals surface area (Å²) < 4.78 is 39.3. The van der Waals surface area contributed by atoms with Crippen LogP contribution in [0.5, 0.6) is 0 Å². The quantitative estimate of drug-likeness (QED) is 0.0937. The first-order valence-electron chi connectivity index (χ1n) is 16.0. The van der Waals surface area contributed by atoms with Crippen LogP contribution in [-0.4, -0.2) is 65.4 Å². The number of carbonyl (C=O) groups excluding carboxylic acids is 3. The van der Waals surface area contributed by atoms with E-state index in [9.17, 15) is 27.6 Å². The first-order valence-corrected chi connectivity index (χ1v) is 20.5. The molecule has 2 aliphatic rings. The predicted molar refractivity (Wildman–Crippen MR) is 177 cm³/mol. The molecule has 0 spiro atoms. The summed E-state index contributed by atoms with van der Waals surface area (Å²) in [6.07, 6.45) is 3.65. The van der Waals surface area contributed by atoms with Crippen molar-refractivity contribution < 1.29 is 37.1 Å². The van der Waals surface area contributed by atoms with E-state index in [4.69, 9.17) is 9.47 Å². The van der Waals surface area contributed by atoms with Gasteiger partial charge in [0.2, 0.25) is 5.91 Å². The summed E-state index contributed by atoms with van der Waals surface area (Å²) >= 11 is 0. The van der Waals surface area contributed by atoms with Gasteiger partial charge in [-0.2, -0.15) is 13.1 Å². The molecule has 12 nitrogen and oxygen atoms in total. The zero-order valence-electron chi connectivity index (χ0n) is 27.4. The maximum absolute atomic E-state index is 12.8. The lowest BCUT2D eigenvalue weighted by Gasteiger charge is -2.36. The van der Waals surface area contributed by atoms with E-state index < -0.39 is 41.8 Å². The van der Waals surface area contributed by atoms with Gasteiger partial charge in [0.15, 0.2) is 8.32 Å². The molecule has 3 amide bonds. The van der Waals surface area contributed by atoms with Crippen LogP contribution < -0.4 is 20.1 Å². The molecule has 0 heterocycles. The summed E-state index contributed by atoms with van der Waals surface area (Å²) in [5.41, 5.74) is 0.714. The van der Waals surface area contributed by atoms with Gasteiger partial charge in [0.05, 0.1) is 12.6 Å². The fourth-order valence-electron chi connectivity index (χ4n) is 5.41. The molecule has 0 aromatic heterocycles. The molecule has 1 aromatic rings. The normalized spacial score (nSPS) is 20.0. The molecule has 5 N–H and O–H groups in total. The highest BCUT2D eigenvalue weighted by molar-refractivity contribution is 7.88. The van der Waals surface area contributed by atoms with Gasteiger partial charge in [-0.3, -0.25) is 4.79 Å². The maximum Gasteiger partial charge on any atom is 0.421 e. The van der Waals surface area contributed by atoms with Gasteiger partial charge in [-0.05, 0) is 73.6 Å². The van der Waals surface area contributed by atoms with Gasteiger partial charge in [0, 0.05) is 32.4 Å². The summed E-state index contributed by atoms with van der Waals surface area (Å²) in [5, 5.41) is 5.16. The first kappa shape index (κ1) is 37.3. The van der Waals surface area contributed by atoms with E-state index in [1.165, 1.54) is 0 Å². The molecule has 0 unspecified atom stereocenters. The van der Waals surface area contributed by atoms with Gasteiger partial charge < -0.3 is 24.9 Å². The largest absolute Gasteiger partial charge is 0.449 e. The number of hydrogen-bond acceptors (Lipinski definition) is 8. The third kappa shape index (κ3) is 12.9. The van der Waals surface area contributed by atoms with Crippen LogP contribution in [0.2, 0.25) is 18.1 Å². The smallest absolute Gasteiger partial charge is 0.421 e. The van der Waals surface area contributed by atoms with Crippen LogP contribution in [0.3, 0.4) is 0 Å². The van der Waals surface area contributed by atoms with Crippen molar-refractivity contribution in [3.8, 4) is 11.8 Å². The molecule has 0 aliphatic heterocycles. The minimum atomic E-state index is -4.18. The second kappa shape index (κ2) is 17.1. The van der Waals surface area contributed by atoms with E-state index in [-0.39, 0.29) is 32.0 Å². The monoisotopic (exact) mass is 678 g/mol. The molecule has 0 radical (unpaired) electrons. The topological polar surface area (TPSA) is 172 Å². The molecule has 2 aliphatic carbocycles. The molecule has 0 saturated heterocycles. The summed E-state index contributed by atoms with van der Waals surface area (Å²) in [5.74, 6) is 7.61. The van der Waals surface area contributed by atoms with Gasteiger partial charge >= 0.3 is 22.4 Å². The van der Waals surface area contributed by atoms with Crippen molar-refractivity contribution in [2.75, 3.05) is 19.8 Å². The number of hydrogen-bond donors (Lipinski definition) is 5. The lowest BCUT2D eigenvalue weighted by Crippen LogP contribution is -2.44. The molecule has 46 heavy (non-hydrogen) atoms. The number of fused-ring (bicyclic) bond motifs is 1. The van der Waals surface area contributed by atoms with Crippen molar-refractivity contribution in [3.05, 3.63) is 35.9 Å². The van der Waals surface area contributed by atoms with Gasteiger partial charge in [-0.25, -0.2) is 14.3 Å². The molecule has 14 heteroatoms. The number of rotatable bonds is 17. The minimum absolute atomic E-state index is 0.0120. The number of ether oxygens (including phenoxy) is 2. The maximum atomic E-state index is 12.8. The van der Waals surface area contributed by atoms with E-state index >= 15 is 0 Å². The Morgan fingerprint density at radius 1 is 1.04 bits per heavy atom. The van der Waals surface area contributed by atoms with Crippen molar-refractivity contribution >= 4 is 36.6 Å². The highest BCUT2D eigenvalue weighted by Crippen LogP contribution is 2.52. The Balaban J connectivity index is 1.40. The molecule has 256 valence electrons. The average molecular weight is 679 g/mol. The molecule has 3 rings (SSSR count). The van der Waals surface area contributed by atoms with Crippen LogP contribution >= 0.6 is 0 Å². The Morgan fingerprint density at radius 3 is 2.33 bits per heavy atom. The minimum Gasteiger partial charge on any atom is -0.449 e. The van der Waals surface area contributed by atoms with E-state index in [0.29, 0.717) is 49.2 Å². The van der Waals surface area contributed by atoms with Crippen LogP contribution in [0.25, 0.3) is 0 Å². The third-order valence-corrected chi connectivity index (χ3v) is 13.7. The van der Waals surface area contributed by atoms with Crippen LogP contribution in [0.4, 0.5) is 9.59 Å². The van der Waals surface area contributed by atoms with Crippen LogP contribution in [0.1, 0.15) is 70.8 Å². The lowest BCUT2D eigenvalue weighted by molar-refractivity contribution is -0.122. The Bertz CT molecular complexity index is 1320. The summed E-state index contributed by atoms with van der Waals surface area (Å²) in [7, 11) is -6.72. The summed E-state index contributed by atoms with van der Waals surface area (Å²) in [4.78, 5) is 48.0. The zero-order valence-corrected chi connectivity index (χ0v) is 29.2. The standard InChI is InChI=1S/C32H50N4O8SSi/c1-32(2,46(3,4)42)19-18-25(22-43-31(39)36-45(40,41)34-21-24-13-8-7-9-14-24)35-29(37)17-12-20-33-30(38)44-23-28-26-15-10-5-6-11-16-27(26)28/h7-9,13-14,25-28,34,42H,10-12,15-23H2,1-4H3,(H,33,38)(H,35,37)(H,36,39)/t25-,26-,27+,28-/m0/s1. The third-order valence-electron chi connectivity index (χ3n) is 9.18. The van der Waals surface area contributed by atoms with Crippen molar-refractivity contribution in [1.82, 2.24) is 20.1 Å². The molecule has 0 bridgehead atoms. The van der Waals surface area contributed by atoms with E-state index in [2.05, 4.69) is 27.2 Å². The van der Waals surface area contributed by atoms with Gasteiger partial charge in [-0.1, -0.05) is 44.2 Å². The Labute approximate surface area is 274 Å². The Kier molecular flexibility index (Phi) is 13.9. The summed E-state index contributed by atoms with van der Waals surface area (Å²) in [6.45, 7) is 7.95. The van der Waals surface area contributed by atoms with Crippen molar-refractivity contribution in [2.45, 2.75) is 95.9 Å². The first-order chi connectivity index (χ1) is 21.7. The fourth-order valence-corrected chi connectivity index (χ4v) is 6.87. The van der Waals surface area contributed by atoms with E-state index in [1.807, 2.05) is 31.7 Å². The van der Waals surface area contributed by atoms with Crippen LogP contribution in [-0.2, 0) is 31.0 Å². The highest BCUT2D eigenvalue weighted by atomic mass is 32.2. The second-order valence-electron chi connectivity index (χ2n) is 13.3. The lowest BCUT2D eigenvalue weighted by atomic mass is 10.0. The number of nitrogens with one attached hydrogen (secondary N) is 4. The van der Waals surface area contributed by atoms with Crippen molar-refractivity contribution in [3.63, 3.8) is 0 Å². The predicted octanol–water partition coefficient (Wildman–Crippen LogP) is 3.94. The number of benzene rings is 1.